The average molecular weight is 362 g/mol. The highest BCUT2D eigenvalue weighted by atomic mass is 19.1. The Morgan fingerprint density at radius 2 is 2.12 bits per heavy atom. The Bertz CT molecular complexity index is 634. The zero-order valence-corrected chi connectivity index (χ0v) is 15.0. The largest absolute Gasteiger partial charge is 0.341 e. The number of amides is 3. The Labute approximate surface area is 153 Å². The van der Waals surface area contributed by atoms with Gasteiger partial charge in [-0.1, -0.05) is 12.5 Å². The van der Waals surface area contributed by atoms with Gasteiger partial charge in [-0.3, -0.25) is 4.79 Å². The normalized spacial score (nSPS) is 23.3. The number of likely N-dealkylation sites (tertiary alicyclic amines) is 1. The van der Waals surface area contributed by atoms with Crippen molar-refractivity contribution >= 4 is 17.6 Å². The molecule has 2 fully saturated rings. The van der Waals surface area contributed by atoms with E-state index in [9.17, 15) is 14.0 Å². The van der Waals surface area contributed by atoms with Gasteiger partial charge in [-0.05, 0) is 56.3 Å². The van der Waals surface area contributed by atoms with Crippen LogP contribution in [0.3, 0.4) is 0 Å². The molecule has 0 saturated carbocycles. The number of halogens is 1. The molecule has 0 radical (unpaired) electrons. The Hall–Kier alpha value is -2.15. The predicted molar refractivity (Wildman–Crippen MR) is 98.4 cm³/mol. The van der Waals surface area contributed by atoms with E-state index >= 15 is 0 Å². The van der Waals surface area contributed by atoms with E-state index in [2.05, 4.69) is 16.0 Å². The number of carbonyl (C=O) groups excluding carboxylic acids is 2. The molecule has 1 aromatic carbocycles. The Kier molecular flexibility index (Phi) is 6.44. The number of hydrogen-bond donors (Lipinski definition) is 3. The van der Waals surface area contributed by atoms with Crippen LogP contribution in [-0.2, 0) is 4.79 Å². The second kappa shape index (κ2) is 8.98. The third kappa shape index (κ3) is 5.17. The summed E-state index contributed by atoms with van der Waals surface area (Å²) >= 11 is 0. The van der Waals surface area contributed by atoms with E-state index in [0.717, 1.165) is 45.2 Å². The van der Waals surface area contributed by atoms with E-state index in [4.69, 9.17) is 0 Å². The summed E-state index contributed by atoms with van der Waals surface area (Å²) in [5.74, 6) is 0.0497. The highest BCUT2D eigenvalue weighted by molar-refractivity contribution is 5.89. The van der Waals surface area contributed by atoms with Crippen LogP contribution >= 0.6 is 0 Å². The van der Waals surface area contributed by atoms with Gasteiger partial charge < -0.3 is 20.9 Å². The van der Waals surface area contributed by atoms with Crippen LogP contribution in [0, 0.1) is 11.7 Å². The van der Waals surface area contributed by atoms with Crippen molar-refractivity contribution in [1.82, 2.24) is 15.5 Å². The monoisotopic (exact) mass is 362 g/mol. The molecule has 3 N–H and O–H groups in total. The highest BCUT2D eigenvalue weighted by Crippen LogP contribution is 2.19. The molecule has 2 unspecified atom stereocenters. The SMILES string of the molecule is O=C(NCC1CCCN(C(=O)C2CCCCN2)C1)Nc1cccc(F)c1. The number of carbonyl (C=O) groups is 2. The van der Waals surface area contributed by atoms with E-state index in [-0.39, 0.29) is 29.7 Å². The van der Waals surface area contributed by atoms with Gasteiger partial charge in [-0.25, -0.2) is 9.18 Å². The molecule has 1 aromatic rings. The first-order valence-electron chi connectivity index (χ1n) is 9.44. The van der Waals surface area contributed by atoms with Crippen molar-refractivity contribution in [2.75, 3.05) is 31.5 Å². The molecule has 142 valence electrons. The first kappa shape index (κ1) is 18.6. The van der Waals surface area contributed by atoms with E-state index in [0.29, 0.717) is 18.8 Å². The van der Waals surface area contributed by atoms with Gasteiger partial charge in [0.1, 0.15) is 5.82 Å². The topological polar surface area (TPSA) is 73.5 Å². The molecule has 2 aliphatic heterocycles. The number of nitrogens with zero attached hydrogens (tertiary/aromatic N) is 1. The molecular formula is C19H27FN4O2. The molecule has 26 heavy (non-hydrogen) atoms. The van der Waals surface area contributed by atoms with E-state index < -0.39 is 0 Å². The molecule has 2 saturated heterocycles. The lowest BCUT2D eigenvalue weighted by atomic mass is 9.96. The minimum Gasteiger partial charge on any atom is -0.341 e. The quantitative estimate of drug-likeness (QED) is 0.770. The number of piperidine rings is 2. The summed E-state index contributed by atoms with van der Waals surface area (Å²) in [4.78, 5) is 26.6. The average Bonchev–Trinajstić information content (AvgIpc) is 2.67. The number of nitrogens with one attached hydrogen (secondary N) is 3. The molecule has 3 rings (SSSR count). The lowest BCUT2D eigenvalue weighted by Gasteiger charge is -2.36. The van der Waals surface area contributed by atoms with E-state index in [1.54, 1.807) is 12.1 Å². The van der Waals surface area contributed by atoms with Gasteiger partial charge >= 0.3 is 6.03 Å². The van der Waals surface area contributed by atoms with Gasteiger partial charge in [-0.15, -0.1) is 0 Å². The van der Waals surface area contributed by atoms with Crippen LogP contribution in [0.15, 0.2) is 24.3 Å². The number of rotatable bonds is 4. The summed E-state index contributed by atoms with van der Waals surface area (Å²) in [5.41, 5.74) is 0.423. The fourth-order valence-corrected chi connectivity index (χ4v) is 3.69. The molecule has 6 nitrogen and oxygen atoms in total. The first-order chi connectivity index (χ1) is 12.6. The van der Waals surface area contributed by atoms with Crippen LogP contribution < -0.4 is 16.0 Å². The summed E-state index contributed by atoms with van der Waals surface area (Å²) in [5, 5.41) is 8.77. The zero-order chi connectivity index (χ0) is 18.4. The van der Waals surface area contributed by atoms with Crippen molar-refractivity contribution < 1.29 is 14.0 Å². The predicted octanol–water partition coefficient (Wildman–Crippen LogP) is 2.33. The zero-order valence-electron chi connectivity index (χ0n) is 15.0. The Morgan fingerprint density at radius 1 is 1.23 bits per heavy atom. The van der Waals surface area contributed by atoms with Gasteiger partial charge in [0.15, 0.2) is 0 Å². The molecule has 2 atom stereocenters. The van der Waals surface area contributed by atoms with Crippen molar-refractivity contribution in [2.45, 2.75) is 38.1 Å². The van der Waals surface area contributed by atoms with Crippen molar-refractivity contribution in [2.24, 2.45) is 5.92 Å². The van der Waals surface area contributed by atoms with Crippen LogP contribution in [0.25, 0.3) is 0 Å². The van der Waals surface area contributed by atoms with E-state index in [1.165, 1.54) is 12.1 Å². The molecule has 2 aliphatic rings. The maximum atomic E-state index is 13.2. The molecule has 0 aliphatic carbocycles. The highest BCUT2D eigenvalue weighted by Gasteiger charge is 2.29. The molecule has 3 amide bonds. The summed E-state index contributed by atoms with van der Waals surface area (Å²) in [6.07, 6.45) is 5.09. The lowest BCUT2D eigenvalue weighted by molar-refractivity contribution is -0.135. The first-order valence-corrected chi connectivity index (χ1v) is 9.44. The van der Waals surface area contributed by atoms with Crippen LogP contribution in [0.4, 0.5) is 14.9 Å². The second-order valence-electron chi connectivity index (χ2n) is 7.14. The van der Waals surface area contributed by atoms with Crippen LogP contribution in [-0.4, -0.2) is 49.1 Å². The van der Waals surface area contributed by atoms with Gasteiger partial charge in [0.2, 0.25) is 5.91 Å². The second-order valence-corrected chi connectivity index (χ2v) is 7.14. The van der Waals surface area contributed by atoms with Crippen molar-refractivity contribution in [3.8, 4) is 0 Å². The minimum absolute atomic E-state index is 0.0493. The number of hydrogen-bond acceptors (Lipinski definition) is 3. The number of anilines is 1. The summed E-state index contributed by atoms with van der Waals surface area (Å²) in [7, 11) is 0. The number of urea groups is 1. The van der Waals surface area contributed by atoms with E-state index in [1.807, 2.05) is 4.90 Å². The smallest absolute Gasteiger partial charge is 0.319 e. The maximum absolute atomic E-state index is 13.2. The van der Waals surface area contributed by atoms with Crippen LogP contribution in [0.2, 0.25) is 0 Å². The summed E-state index contributed by atoms with van der Waals surface area (Å²) in [6.45, 7) is 2.89. The van der Waals surface area contributed by atoms with Gasteiger partial charge in [-0.2, -0.15) is 0 Å². The number of benzene rings is 1. The van der Waals surface area contributed by atoms with Crippen LogP contribution in [0.5, 0.6) is 0 Å². The Morgan fingerprint density at radius 3 is 2.88 bits per heavy atom. The van der Waals surface area contributed by atoms with Crippen molar-refractivity contribution in [3.05, 3.63) is 30.1 Å². The standard InChI is InChI=1S/C19H27FN4O2/c20-15-6-3-7-16(11-15)23-19(26)22-12-14-5-4-10-24(13-14)18(25)17-8-1-2-9-21-17/h3,6-7,11,14,17,21H,1-2,4-5,8-10,12-13H2,(H2,22,23,26). The van der Waals surface area contributed by atoms with Gasteiger partial charge in [0.25, 0.3) is 0 Å². The van der Waals surface area contributed by atoms with Crippen molar-refractivity contribution in [3.63, 3.8) is 0 Å². The van der Waals surface area contributed by atoms with Gasteiger partial charge in [0, 0.05) is 25.3 Å². The molecule has 2 heterocycles. The summed E-state index contributed by atoms with van der Waals surface area (Å²) in [6, 6.07) is 5.39. The third-order valence-electron chi connectivity index (χ3n) is 5.07. The molecule has 0 spiro atoms. The fraction of sp³-hybridized carbons (Fsp3) is 0.579. The Balaban J connectivity index is 1.44. The minimum atomic E-state index is -0.388. The van der Waals surface area contributed by atoms with Crippen LogP contribution in [0.1, 0.15) is 32.1 Å². The molecule has 0 bridgehead atoms. The lowest BCUT2D eigenvalue weighted by Crippen LogP contribution is -2.52. The molecule has 7 heteroatoms. The fourth-order valence-electron chi connectivity index (χ4n) is 3.69. The molecular weight excluding hydrogens is 335 g/mol. The third-order valence-corrected chi connectivity index (χ3v) is 5.07. The maximum Gasteiger partial charge on any atom is 0.319 e. The molecule has 0 aromatic heterocycles. The van der Waals surface area contributed by atoms with Crippen molar-refractivity contribution in [1.29, 1.82) is 0 Å². The summed E-state index contributed by atoms with van der Waals surface area (Å²) < 4.78 is 13.2. The van der Waals surface area contributed by atoms with Gasteiger partial charge in [0.05, 0.1) is 6.04 Å².